The summed E-state index contributed by atoms with van der Waals surface area (Å²) in [6, 6.07) is 6.11. The number of amides is 1. The molecule has 0 heterocycles. The van der Waals surface area contributed by atoms with Crippen molar-refractivity contribution < 1.29 is 4.79 Å². The Hall–Kier alpha value is -0.480. The Kier molecular flexibility index (Phi) is 5.34. The molecule has 2 rings (SSSR count). The van der Waals surface area contributed by atoms with Crippen LogP contribution in [0.3, 0.4) is 0 Å². The summed E-state index contributed by atoms with van der Waals surface area (Å²) in [4.78, 5) is 12.3. The Labute approximate surface area is 127 Å². The fourth-order valence-corrected chi connectivity index (χ4v) is 3.80. The minimum absolute atomic E-state index is 0.0607. The molecule has 0 bridgehead atoms. The number of nitrogens with one attached hydrogen (secondary N) is 1. The van der Waals surface area contributed by atoms with Crippen molar-refractivity contribution in [3.8, 4) is 0 Å². The van der Waals surface area contributed by atoms with Crippen molar-refractivity contribution in [3.05, 3.63) is 33.8 Å². The van der Waals surface area contributed by atoms with Crippen molar-refractivity contribution in [3.63, 3.8) is 0 Å². The maximum atomic E-state index is 12.3. The van der Waals surface area contributed by atoms with Gasteiger partial charge in [-0.15, -0.1) is 0 Å². The average molecular weight is 342 g/mol. The summed E-state index contributed by atoms with van der Waals surface area (Å²) in [5, 5.41) is 3.89. The van der Waals surface area contributed by atoms with E-state index in [1.54, 1.807) is 0 Å². The van der Waals surface area contributed by atoms with Crippen molar-refractivity contribution in [2.24, 2.45) is 0 Å². The lowest BCUT2D eigenvalue weighted by Crippen LogP contribution is -2.39. The molecule has 0 aromatic heterocycles. The van der Waals surface area contributed by atoms with E-state index >= 15 is 0 Å². The summed E-state index contributed by atoms with van der Waals surface area (Å²) in [5.41, 5.74) is 1.79. The van der Waals surface area contributed by atoms with Crippen molar-refractivity contribution >= 4 is 33.6 Å². The number of thioether (sulfide) groups is 1. The molecule has 2 atom stereocenters. The number of halogens is 1. The van der Waals surface area contributed by atoms with Crippen LogP contribution in [0.25, 0.3) is 0 Å². The third-order valence-corrected chi connectivity index (χ3v) is 5.76. The molecule has 2 unspecified atom stereocenters. The first-order valence-corrected chi connectivity index (χ1v) is 8.78. The molecule has 1 aromatic rings. The molecule has 19 heavy (non-hydrogen) atoms. The number of hydrogen-bond donors (Lipinski definition) is 1. The lowest BCUT2D eigenvalue weighted by Gasteiger charge is -2.28. The molecule has 1 saturated carbocycles. The molecule has 1 aliphatic carbocycles. The molecule has 0 aliphatic heterocycles. The van der Waals surface area contributed by atoms with Gasteiger partial charge in [0, 0.05) is 21.3 Å². The first kappa shape index (κ1) is 14.9. The molecule has 1 fully saturated rings. The molecule has 1 aliphatic rings. The van der Waals surface area contributed by atoms with Crippen LogP contribution in [0.15, 0.2) is 22.7 Å². The monoisotopic (exact) mass is 341 g/mol. The largest absolute Gasteiger partial charge is 0.349 e. The topological polar surface area (TPSA) is 29.1 Å². The van der Waals surface area contributed by atoms with Crippen molar-refractivity contribution in [1.29, 1.82) is 0 Å². The highest BCUT2D eigenvalue weighted by molar-refractivity contribution is 9.10. The van der Waals surface area contributed by atoms with Crippen LogP contribution in [-0.4, -0.2) is 23.5 Å². The van der Waals surface area contributed by atoms with E-state index in [0.29, 0.717) is 11.3 Å². The van der Waals surface area contributed by atoms with E-state index in [9.17, 15) is 4.79 Å². The SMILES string of the molecule is CSC1CCCC(NC(=O)c2cccc(Br)c2C)C1. The fourth-order valence-electron chi connectivity index (χ4n) is 2.61. The quantitative estimate of drug-likeness (QED) is 0.894. The summed E-state index contributed by atoms with van der Waals surface area (Å²) in [7, 11) is 0. The Morgan fingerprint density at radius 2 is 2.21 bits per heavy atom. The summed E-state index contributed by atoms with van der Waals surface area (Å²) in [6.07, 6.45) is 6.86. The van der Waals surface area contributed by atoms with Crippen LogP contribution in [-0.2, 0) is 0 Å². The molecule has 0 radical (unpaired) electrons. The first-order chi connectivity index (χ1) is 9.11. The maximum Gasteiger partial charge on any atom is 0.251 e. The maximum absolute atomic E-state index is 12.3. The zero-order valence-corrected chi connectivity index (χ0v) is 13.8. The molecule has 0 spiro atoms. The molecular weight excluding hydrogens is 322 g/mol. The second-order valence-electron chi connectivity index (χ2n) is 5.11. The van der Waals surface area contributed by atoms with Crippen LogP contribution in [0.1, 0.15) is 41.6 Å². The fraction of sp³-hybridized carbons (Fsp3) is 0.533. The van der Waals surface area contributed by atoms with Crippen molar-refractivity contribution in [2.45, 2.75) is 43.9 Å². The number of rotatable bonds is 3. The zero-order chi connectivity index (χ0) is 13.8. The Bertz CT molecular complexity index is 463. The van der Waals surface area contributed by atoms with Crippen molar-refractivity contribution in [1.82, 2.24) is 5.32 Å². The highest BCUT2D eigenvalue weighted by Gasteiger charge is 2.23. The van der Waals surface area contributed by atoms with E-state index in [2.05, 4.69) is 27.5 Å². The van der Waals surface area contributed by atoms with E-state index in [4.69, 9.17) is 0 Å². The van der Waals surface area contributed by atoms with Crippen LogP contribution in [0.4, 0.5) is 0 Å². The second kappa shape index (κ2) is 6.80. The third kappa shape index (κ3) is 3.76. The van der Waals surface area contributed by atoms with E-state index in [1.165, 1.54) is 12.8 Å². The predicted molar refractivity (Wildman–Crippen MR) is 85.9 cm³/mol. The van der Waals surface area contributed by atoms with Gasteiger partial charge in [-0.3, -0.25) is 4.79 Å². The normalized spacial score (nSPS) is 23.1. The lowest BCUT2D eigenvalue weighted by molar-refractivity contribution is 0.0928. The van der Waals surface area contributed by atoms with Crippen LogP contribution in [0.2, 0.25) is 0 Å². The van der Waals surface area contributed by atoms with Gasteiger partial charge in [-0.25, -0.2) is 0 Å². The van der Waals surface area contributed by atoms with Gasteiger partial charge >= 0.3 is 0 Å². The van der Waals surface area contributed by atoms with Gasteiger partial charge in [0.25, 0.3) is 5.91 Å². The molecule has 1 amide bonds. The number of carbonyl (C=O) groups is 1. The summed E-state index contributed by atoms with van der Waals surface area (Å²) >= 11 is 5.40. The van der Waals surface area contributed by atoms with Gasteiger partial charge in [-0.1, -0.05) is 28.4 Å². The van der Waals surface area contributed by atoms with E-state index in [1.807, 2.05) is 36.9 Å². The van der Waals surface area contributed by atoms with E-state index in [0.717, 1.165) is 28.4 Å². The minimum Gasteiger partial charge on any atom is -0.349 e. The van der Waals surface area contributed by atoms with Crippen molar-refractivity contribution in [2.75, 3.05) is 6.26 Å². The van der Waals surface area contributed by atoms with Gasteiger partial charge in [0.1, 0.15) is 0 Å². The van der Waals surface area contributed by atoms with E-state index in [-0.39, 0.29) is 5.91 Å². The van der Waals surface area contributed by atoms with Gasteiger partial charge in [-0.05, 0) is 50.1 Å². The van der Waals surface area contributed by atoms with Gasteiger partial charge in [0.2, 0.25) is 0 Å². The standard InChI is InChI=1S/C15H20BrNOS/c1-10-13(7-4-8-14(10)16)15(18)17-11-5-3-6-12(9-11)19-2/h4,7-8,11-12H,3,5-6,9H2,1-2H3,(H,17,18). The molecule has 4 heteroatoms. The minimum atomic E-state index is 0.0607. The Morgan fingerprint density at radius 3 is 2.95 bits per heavy atom. The Balaban J connectivity index is 2.02. The van der Waals surface area contributed by atoms with Gasteiger partial charge in [0.15, 0.2) is 0 Å². The van der Waals surface area contributed by atoms with Crippen LogP contribution >= 0.6 is 27.7 Å². The molecule has 1 N–H and O–H groups in total. The number of carbonyl (C=O) groups excluding carboxylic acids is 1. The molecule has 1 aromatic carbocycles. The molecule has 2 nitrogen and oxygen atoms in total. The van der Waals surface area contributed by atoms with Gasteiger partial charge < -0.3 is 5.32 Å². The molecular formula is C15H20BrNOS. The lowest BCUT2D eigenvalue weighted by atomic mass is 9.94. The van der Waals surface area contributed by atoms with Crippen LogP contribution < -0.4 is 5.32 Å². The smallest absolute Gasteiger partial charge is 0.251 e. The summed E-state index contributed by atoms with van der Waals surface area (Å²) < 4.78 is 0.991. The second-order valence-corrected chi connectivity index (χ2v) is 7.10. The predicted octanol–water partition coefficient (Wildman–Crippen LogP) is 4.16. The zero-order valence-electron chi connectivity index (χ0n) is 11.4. The summed E-state index contributed by atoms with van der Waals surface area (Å²) in [5.74, 6) is 0.0607. The van der Waals surface area contributed by atoms with E-state index < -0.39 is 0 Å². The van der Waals surface area contributed by atoms with Gasteiger partial charge in [-0.2, -0.15) is 11.8 Å². The highest BCUT2D eigenvalue weighted by Crippen LogP contribution is 2.27. The number of hydrogen-bond acceptors (Lipinski definition) is 2. The Morgan fingerprint density at radius 1 is 1.42 bits per heavy atom. The van der Waals surface area contributed by atoms with Crippen LogP contribution in [0.5, 0.6) is 0 Å². The van der Waals surface area contributed by atoms with Crippen LogP contribution in [0, 0.1) is 6.92 Å². The molecule has 104 valence electrons. The third-order valence-electron chi connectivity index (χ3n) is 3.81. The highest BCUT2D eigenvalue weighted by atomic mass is 79.9. The van der Waals surface area contributed by atoms with Gasteiger partial charge in [0.05, 0.1) is 0 Å². The number of benzene rings is 1. The molecule has 0 saturated heterocycles. The first-order valence-electron chi connectivity index (χ1n) is 6.70. The average Bonchev–Trinajstić information content (AvgIpc) is 2.42. The summed E-state index contributed by atoms with van der Waals surface area (Å²) in [6.45, 7) is 1.98.